The van der Waals surface area contributed by atoms with Crippen LogP contribution in [0.3, 0.4) is 0 Å². The lowest BCUT2D eigenvalue weighted by molar-refractivity contribution is 0.0903. The number of methoxy groups -OCH3 is 1. The highest BCUT2D eigenvalue weighted by molar-refractivity contribution is 7.12. The smallest absolute Gasteiger partial charge is 0.261 e. The predicted octanol–water partition coefficient (Wildman–Crippen LogP) is 2.82. The second kappa shape index (κ2) is 7.64. The van der Waals surface area contributed by atoms with Crippen molar-refractivity contribution in [3.8, 4) is 5.75 Å². The summed E-state index contributed by atoms with van der Waals surface area (Å²) in [4.78, 5) is 12.9. The van der Waals surface area contributed by atoms with Crippen molar-refractivity contribution in [2.45, 2.75) is 44.6 Å². The molecule has 1 aliphatic carbocycles. The Morgan fingerprint density at radius 3 is 2.85 bits per heavy atom. The summed E-state index contributed by atoms with van der Waals surface area (Å²) in [7, 11) is 1.60. The first-order valence-electron chi connectivity index (χ1n) is 7.29. The molecule has 1 saturated carbocycles. The van der Waals surface area contributed by atoms with E-state index in [-0.39, 0.29) is 18.6 Å². The van der Waals surface area contributed by atoms with Crippen LogP contribution in [0.4, 0.5) is 0 Å². The van der Waals surface area contributed by atoms with E-state index in [2.05, 4.69) is 5.32 Å². The second-order valence-corrected chi connectivity index (χ2v) is 6.25. The number of aliphatic hydroxyl groups excluding tert-OH is 1. The molecule has 1 atom stereocenters. The SMILES string of the molecule is COc1csc(C(=O)NC(CCO)C2CCCCC2)c1. The van der Waals surface area contributed by atoms with Crippen LogP contribution in [0.25, 0.3) is 0 Å². The van der Waals surface area contributed by atoms with Gasteiger partial charge in [-0.05, 0) is 25.2 Å². The Balaban J connectivity index is 1.97. The molecule has 5 heteroatoms. The molecule has 1 amide bonds. The van der Waals surface area contributed by atoms with Gasteiger partial charge in [-0.1, -0.05) is 19.3 Å². The Labute approximate surface area is 124 Å². The largest absolute Gasteiger partial charge is 0.496 e. The van der Waals surface area contributed by atoms with Gasteiger partial charge in [0.05, 0.1) is 12.0 Å². The van der Waals surface area contributed by atoms with E-state index in [1.165, 1.54) is 30.6 Å². The molecule has 0 spiro atoms. The molecule has 0 aromatic carbocycles. The minimum Gasteiger partial charge on any atom is -0.496 e. The number of rotatable bonds is 6. The van der Waals surface area contributed by atoms with E-state index in [1.807, 2.05) is 5.38 Å². The summed E-state index contributed by atoms with van der Waals surface area (Å²) >= 11 is 1.39. The maximum Gasteiger partial charge on any atom is 0.261 e. The van der Waals surface area contributed by atoms with Gasteiger partial charge in [0.15, 0.2) is 0 Å². The van der Waals surface area contributed by atoms with E-state index in [4.69, 9.17) is 4.74 Å². The highest BCUT2D eigenvalue weighted by Crippen LogP contribution is 2.28. The molecule has 4 nitrogen and oxygen atoms in total. The average Bonchev–Trinajstić information content (AvgIpc) is 2.97. The maximum atomic E-state index is 12.3. The molecule has 1 aromatic heterocycles. The summed E-state index contributed by atoms with van der Waals surface area (Å²) in [6, 6.07) is 1.84. The molecule has 2 N–H and O–H groups in total. The molecular formula is C15H23NO3S. The van der Waals surface area contributed by atoms with Crippen LogP contribution in [0.5, 0.6) is 5.75 Å². The zero-order valence-electron chi connectivity index (χ0n) is 11.9. The molecular weight excluding hydrogens is 274 g/mol. The molecule has 20 heavy (non-hydrogen) atoms. The fourth-order valence-electron chi connectivity index (χ4n) is 2.89. The average molecular weight is 297 g/mol. The lowest BCUT2D eigenvalue weighted by Crippen LogP contribution is -2.41. The normalized spacial score (nSPS) is 17.7. The number of hydrogen-bond donors (Lipinski definition) is 2. The number of amides is 1. The van der Waals surface area contributed by atoms with Crippen molar-refractivity contribution in [2.24, 2.45) is 5.92 Å². The molecule has 1 aliphatic rings. The molecule has 0 saturated heterocycles. The highest BCUT2D eigenvalue weighted by atomic mass is 32.1. The number of carbonyl (C=O) groups excluding carboxylic acids is 1. The van der Waals surface area contributed by atoms with E-state index >= 15 is 0 Å². The van der Waals surface area contributed by atoms with Gasteiger partial charge < -0.3 is 15.2 Å². The quantitative estimate of drug-likeness (QED) is 0.849. The van der Waals surface area contributed by atoms with Crippen molar-refractivity contribution in [3.63, 3.8) is 0 Å². The van der Waals surface area contributed by atoms with Crippen LogP contribution in [-0.4, -0.2) is 30.8 Å². The third-order valence-electron chi connectivity index (χ3n) is 4.01. The fraction of sp³-hybridized carbons (Fsp3) is 0.667. The third kappa shape index (κ3) is 3.96. The molecule has 0 radical (unpaired) electrons. The molecule has 1 fully saturated rings. The van der Waals surface area contributed by atoms with Crippen LogP contribution >= 0.6 is 11.3 Å². The molecule has 112 valence electrons. The van der Waals surface area contributed by atoms with E-state index in [1.54, 1.807) is 13.2 Å². The Kier molecular flexibility index (Phi) is 5.86. The predicted molar refractivity (Wildman–Crippen MR) is 80.4 cm³/mol. The number of carbonyl (C=O) groups is 1. The lowest BCUT2D eigenvalue weighted by Gasteiger charge is -2.30. The van der Waals surface area contributed by atoms with Crippen LogP contribution in [0.2, 0.25) is 0 Å². The van der Waals surface area contributed by atoms with Gasteiger partial charge in [0.25, 0.3) is 5.91 Å². The summed E-state index contributed by atoms with van der Waals surface area (Å²) in [6.07, 6.45) is 6.69. The van der Waals surface area contributed by atoms with Crippen LogP contribution in [-0.2, 0) is 0 Å². The van der Waals surface area contributed by atoms with Crippen LogP contribution in [0, 0.1) is 5.92 Å². The van der Waals surface area contributed by atoms with E-state index in [0.29, 0.717) is 17.2 Å². The Bertz CT molecular complexity index is 427. The van der Waals surface area contributed by atoms with Crippen molar-refractivity contribution in [1.29, 1.82) is 0 Å². The van der Waals surface area contributed by atoms with Crippen molar-refractivity contribution >= 4 is 17.2 Å². The van der Waals surface area contributed by atoms with E-state index in [0.717, 1.165) is 18.6 Å². The van der Waals surface area contributed by atoms with Gasteiger partial charge in [0, 0.05) is 24.1 Å². The Hall–Kier alpha value is -1.07. The number of nitrogens with one attached hydrogen (secondary N) is 1. The van der Waals surface area contributed by atoms with Gasteiger partial charge in [-0.15, -0.1) is 11.3 Å². The number of thiophene rings is 1. The van der Waals surface area contributed by atoms with Crippen molar-refractivity contribution < 1.29 is 14.6 Å². The molecule has 1 heterocycles. The molecule has 0 aliphatic heterocycles. The number of hydrogen-bond acceptors (Lipinski definition) is 4. The molecule has 1 unspecified atom stereocenters. The van der Waals surface area contributed by atoms with E-state index in [9.17, 15) is 9.90 Å². The van der Waals surface area contributed by atoms with Crippen molar-refractivity contribution in [2.75, 3.05) is 13.7 Å². The van der Waals surface area contributed by atoms with E-state index < -0.39 is 0 Å². The zero-order chi connectivity index (χ0) is 14.4. The highest BCUT2D eigenvalue weighted by Gasteiger charge is 2.25. The first-order valence-corrected chi connectivity index (χ1v) is 8.16. The van der Waals surface area contributed by atoms with Gasteiger partial charge in [0.2, 0.25) is 0 Å². The Morgan fingerprint density at radius 2 is 2.25 bits per heavy atom. The van der Waals surface area contributed by atoms with Gasteiger partial charge in [-0.25, -0.2) is 0 Å². The number of ether oxygens (including phenoxy) is 1. The van der Waals surface area contributed by atoms with Gasteiger partial charge in [-0.2, -0.15) is 0 Å². The second-order valence-electron chi connectivity index (χ2n) is 5.34. The van der Waals surface area contributed by atoms with Gasteiger partial charge in [-0.3, -0.25) is 4.79 Å². The van der Waals surface area contributed by atoms with Crippen LogP contribution in [0.15, 0.2) is 11.4 Å². The third-order valence-corrected chi connectivity index (χ3v) is 4.92. The maximum absolute atomic E-state index is 12.3. The summed E-state index contributed by atoms with van der Waals surface area (Å²) in [5.41, 5.74) is 0. The van der Waals surface area contributed by atoms with Gasteiger partial charge >= 0.3 is 0 Å². The Morgan fingerprint density at radius 1 is 1.50 bits per heavy atom. The van der Waals surface area contributed by atoms with Crippen LogP contribution < -0.4 is 10.1 Å². The zero-order valence-corrected chi connectivity index (χ0v) is 12.7. The lowest BCUT2D eigenvalue weighted by atomic mass is 9.82. The summed E-state index contributed by atoms with van der Waals surface area (Å²) < 4.78 is 5.10. The summed E-state index contributed by atoms with van der Waals surface area (Å²) in [6.45, 7) is 0.120. The van der Waals surface area contributed by atoms with Crippen LogP contribution in [0.1, 0.15) is 48.2 Å². The summed E-state index contributed by atoms with van der Waals surface area (Å²) in [5.74, 6) is 1.17. The standard InChI is InChI=1S/C15H23NO3S/c1-19-12-9-14(20-10-12)15(18)16-13(7-8-17)11-5-3-2-4-6-11/h9-11,13,17H,2-8H2,1H3,(H,16,18). The molecule has 0 bridgehead atoms. The molecule has 1 aromatic rings. The number of aliphatic hydroxyl groups is 1. The first kappa shape index (κ1) is 15.3. The molecule has 2 rings (SSSR count). The summed E-state index contributed by atoms with van der Waals surface area (Å²) in [5, 5.41) is 14.2. The first-order chi connectivity index (χ1) is 9.74. The van der Waals surface area contributed by atoms with Gasteiger partial charge in [0.1, 0.15) is 5.75 Å². The fourth-order valence-corrected chi connectivity index (χ4v) is 3.64. The van der Waals surface area contributed by atoms with Crippen molar-refractivity contribution in [1.82, 2.24) is 5.32 Å². The minimum atomic E-state index is -0.0534. The topological polar surface area (TPSA) is 58.6 Å². The van der Waals surface area contributed by atoms with Crippen molar-refractivity contribution in [3.05, 3.63) is 16.3 Å². The minimum absolute atomic E-state index is 0.0534. The monoisotopic (exact) mass is 297 g/mol.